The molecular formula is C18H34N2O. The van der Waals surface area contributed by atoms with Gasteiger partial charge in [-0.2, -0.15) is 0 Å². The zero-order valence-electron chi connectivity index (χ0n) is 14.8. The van der Waals surface area contributed by atoms with Crippen molar-refractivity contribution in [3.63, 3.8) is 0 Å². The first-order chi connectivity index (χ1) is 9.93. The number of furan rings is 1. The molecule has 1 aromatic heterocycles. The Bertz CT molecular complexity index is 396. The molecule has 0 aliphatic carbocycles. The highest BCUT2D eigenvalue weighted by molar-refractivity contribution is 5.20. The van der Waals surface area contributed by atoms with Gasteiger partial charge in [0, 0.05) is 12.1 Å². The van der Waals surface area contributed by atoms with Crippen LogP contribution in [0, 0.1) is 6.92 Å². The molecule has 21 heavy (non-hydrogen) atoms. The average molecular weight is 294 g/mol. The largest absolute Gasteiger partial charge is 0.463 e. The van der Waals surface area contributed by atoms with Crippen LogP contribution in [0.4, 0.5) is 0 Å². The summed E-state index contributed by atoms with van der Waals surface area (Å²) in [5.74, 6) is 2.18. The van der Waals surface area contributed by atoms with Gasteiger partial charge in [0.2, 0.25) is 0 Å². The minimum Gasteiger partial charge on any atom is -0.463 e. The molecule has 1 N–H and O–H groups in total. The first kappa shape index (κ1) is 18.2. The van der Waals surface area contributed by atoms with Crippen molar-refractivity contribution >= 4 is 0 Å². The van der Waals surface area contributed by atoms with E-state index in [1.165, 1.54) is 24.8 Å². The van der Waals surface area contributed by atoms with E-state index < -0.39 is 0 Å². The van der Waals surface area contributed by atoms with Gasteiger partial charge < -0.3 is 9.73 Å². The molecule has 0 aromatic carbocycles. The summed E-state index contributed by atoms with van der Waals surface area (Å²) in [6.45, 7) is 16.1. The highest BCUT2D eigenvalue weighted by Gasteiger charge is 2.14. The van der Waals surface area contributed by atoms with Crippen molar-refractivity contribution in [3.05, 3.63) is 23.2 Å². The molecule has 0 unspecified atom stereocenters. The first-order valence-corrected chi connectivity index (χ1v) is 8.49. The van der Waals surface area contributed by atoms with Crippen LogP contribution in [-0.4, -0.2) is 23.5 Å². The maximum atomic E-state index is 6.05. The van der Waals surface area contributed by atoms with Gasteiger partial charge in [-0.1, -0.05) is 33.6 Å². The van der Waals surface area contributed by atoms with Crippen molar-refractivity contribution in [2.24, 2.45) is 0 Å². The minimum absolute atomic E-state index is 0.485. The SMILES string of the molecule is CCCCCN(Cc1cc(C)c(CNC(C)C)o1)C(C)C. The van der Waals surface area contributed by atoms with E-state index in [2.05, 4.69) is 57.8 Å². The lowest BCUT2D eigenvalue weighted by molar-refractivity contribution is 0.191. The Morgan fingerprint density at radius 1 is 1.19 bits per heavy atom. The van der Waals surface area contributed by atoms with Crippen LogP contribution in [0.3, 0.4) is 0 Å². The van der Waals surface area contributed by atoms with E-state index in [1.54, 1.807) is 0 Å². The zero-order valence-corrected chi connectivity index (χ0v) is 14.8. The van der Waals surface area contributed by atoms with E-state index in [0.29, 0.717) is 12.1 Å². The fourth-order valence-electron chi connectivity index (χ4n) is 2.43. The molecule has 0 saturated heterocycles. The van der Waals surface area contributed by atoms with Crippen molar-refractivity contribution in [1.29, 1.82) is 0 Å². The third kappa shape index (κ3) is 6.66. The monoisotopic (exact) mass is 294 g/mol. The third-order valence-electron chi connectivity index (χ3n) is 3.88. The summed E-state index contributed by atoms with van der Waals surface area (Å²) in [6, 6.07) is 3.25. The summed E-state index contributed by atoms with van der Waals surface area (Å²) >= 11 is 0. The molecular weight excluding hydrogens is 260 g/mol. The molecule has 1 aromatic rings. The molecule has 0 fully saturated rings. The second kappa shape index (κ2) is 9.26. The number of rotatable bonds is 10. The first-order valence-electron chi connectivity index (χ1n) is 8.49. The third-order valence-corrected chi connectivity index (χ3v) is 3.88. The Kier molecular flexibility index (Phi) is 8.05. The van der Waals surface area contributed by atoms with Gasteiger partial charge in [-0.3, -0.25) is 4.90 Å². The Morgan fingerprint density at radius 3 is 2.48 bits per heavy atom. The number of hydrogen-bond donors (Lipinski definition) is 1. The van der Waals surface area contributed by atoms with Crippen LogP contribution < -0.4 is 5.32 Å². The molecule has 122 valence electrons. The Labute approximate surface area is 131 Å². The van der Waals surface area contributed by atoms with Crippen LogP contribution in [0.15, 0.2) is 10.5 Å². The van der Waals surface area contributed by atoms with Crippen molar-refractivity contribution in [2.45, 2.75) is 86.0 Å². The molecule has 1 rings (SSSR count). The highest BCUT2D eigenvalue weighted by Crippen LogP contribution is 2.18. The maximum Gasteiger partial charge on any atom is 0.120 e. The van der Waals surface area contributed by atoms with E-state index in [1.807, 2.05) is 0 Å². The number of unbranched alkanes of at least 4 members (excludes halogenated alkanes) is 2. The van der Waals surface area contributed by atoms with Gasteiger partial charge in [-0.05, 0) is 45.4 Å². The normalized spacial score (nSPS) is 12.0. The zero-order chi connectivity index (χ0) is 15.8. The highest BCUT2D eigenvalue weighted by atomic mass is 16.3. The summed E-state index contributed by atoms with van der Waals surface area (Å²) in [5, 5.41) is 3.43. The van der Waals surface area contributed by atoms with Gasteiger partial charge in [0.25, 0.3) is 0 Å². The molecule has 0 bridgehead atoms. The molecule has 0 saturated carbocycles. The summed E-state index contributed by atoms with van der Waals surface area (Å²) in [5.41, 5.74) is 1.26. The van der Waals surface area contributed by atoms with E-state index in [4.69, 9.17) is 4.42 Å². The lowest BCUT2D eigenvalue weighted by atomic mass is 10.2. The second-order valence-corrected chi connectivity index (χ2v) is 6.63. The van der Waals surface area contributed by atoms with Gasteiger partial charge in [0.1, 0.15) is 11.5 Å². The van der Waals surface area contributed by atoms with Gasteiger partial charge in [0.15, 0.2) is 0 Å². The molecule has 0 spiro atoms. The fraction of sp³-hybridized carbons (Fsp3) is 0.778. The van der Waals surface area contributed by atoms with Gasteiger partial charge in [-0.15, -0.1) is 0 Å². The van der Waals surface area contributed by atoms with E-state index >= 15 is 0 Å². The molecule has 3 heteroatoms. The lowest BCUT2D eigenvalue weighted by Gasteiger charge is -2.25. The van der Waals surface area contributed by atoms with Gasteiger partial charge >= 0.3 is 0 Å². The fourth-order valence-corrected chi connectivity index (χ4v) is 2.43. The molecule has 0 radical (unpaired) electrons. The smallest absolute Gasteiger partial charge is 0.120 e. The standard InChI is InChI=1S/C18H34N2O/c1-7-8-9-10-20(15(4)5)13-17-11-16(6)18(21-17)12-19-14(2)3/h11,14-15,19H,7-10,12-13H2,1-6H3. The summed E-state index contributed by atoms with van der Waals surface area (Å²) in [4.78, 5) is 2.51. The average Bonchev–Trinajstić information content (AvgIpc) is 2.75. The molecule has 3 nitrogen and oxygen atoms in total. The Morgan fingerprint density at radius 2 is 1.90 bits per heavy atom. The summed E-state index contributed by atoms with van der Waals surface area (Å²) < 4.78 is 6.05. The van der Waals surface area contributed by atoms with Gasteiger partial charge in [-0.25, -0.2) is 0 Å². The Balaban J connectivity index is 2.60. The van der Waals surface area contributed by atoms with Gasteiger partial charge in [0.05, 0.1) is 13.1 Å². The molecule has 1 heterocycles. The van der Waals surface area contributed by atoms with E-state index in [0.717, 1.165) is 31.2 Å². The number of hydrogen-bond acceptors (Lipinski definition) is 3. The minimum atomic E-state index is 0.485. The number of nitrogens with zero attached hydrogens (tertiary/aromatic N) is 1. The van der Waals surface area contributed by atoms with Crippen molar-refractivity contribution in [2.75, 3.05) is 6.54 Å². The number of aryl methyl sites for hydroxylation is 1. The molecule has 0 amide bonds. The van der Waals surface area contributed by atoms with Crippen LogP contribution in [-0.2, 0) is 13.1 Å². The quantitative estimate of drug-likeness (QED) is 0.645. The second-order valence-electron chi connectivity index (χ2n) is 6.63. The van der Waals surface area contributed by atoms with Crippen LogP contribution in [0.1, 0.15) is 71.0 Å². The summed E-state index contributed by atoms with van der Waals surface area (Å²) in [6.07, 6.45) is 3.86. The van der Waals surface area contributed by atoms with E-state index in [9.17, 15) is 0 Å². The summed E-state index contributed by atoms with van der Waals surface area (Å²) in [7, 11) is 0. The van der Waals surface area contributed by atoms with Crippen molar-refractivity contribution < 1.29 is 4.42 Å². The van der Waals surface area contributed by atoms with Crippen LogP contribution in [0.25, 0.3) is 0 Å². The predicted octanol–water partition coefficient (Wildman–Crippen LogP) is 4.49. The Hall–Kier alpha value is -0.800. The van der Waals surface area contributed by atoms with Crippen molar-refractivity contribution in [1.82, 2.24) is 10.2 Å². The molecule has 0 aliphatic rings. The lowest BCUT2D eigenvalue weighted by Crippen LogP contribution is -2.31. The topological polar surface area (TPSA) is 28.4 Å². The van der Waals surface area contributed by atoms with Crippen LogP contribution >= 0.6 is 0 Å². The van der Waals surface area contributed by atoms with E-state index in [-0.39, 0.29) is 0 Å². The molecule has 0 aliphatic heterocycles. The maximum absolute atomic E-state index is 6.05. The number of nitrogens with one attached hydrogen (secondary N) is 1. The van der Waals surface area contributed by atoms with Crippen LogP contribution in [0.5, 0.6) is 0 Å². The predicted molar refractivity (Wildman–Crippen MR) is 90.5 cm³/mol. The van der Waals surface area contributed by atoms with Crippen molar-refractivity contribution in [3.8, 4) is 0 Å². The molecule has 0 atom stereocenters. The van der Waals surface area contributed by atoms with Crippen LogP contribution in [0.2, 0.25) is 0 Å².